The topological polar surface area (TPSA) is 9.23 Å². The molecule has 7 rings (SSSR count). The van der Waals surface area contributed by atoms with Crippen LogP contribution in [-0.2, 0) is 4.74 Å². The average molecular weight is 411 g/mol. The van der Waals surface area contributed by atoms with Crippen LogP contribution in [0.2, 0.25) is 0 Å². The molecule has 31 heavy (non-hydrogen) atoms. The summed E-state index contributed by atoms with van der Waals surface area (Å²) in [6.45, 7) is 5.02. The van der Waals surface area contributed by atoms with Gasteiger partial charge in [-0.15, -0.1) is 0 Å². The van der Waals surface area contributed by atoms with Crippen molar-refractivity contribution in [3.63, 3.8) is 0 Å². The van der Waals surface area contributed by atoms with Gasteiger partial charge in [0.1, 0.15) is 0 Å². The van der Waals surface area contributed by atoms with Gasteiger partial charge < -0.3 is 4.74 Å². The van der Waals surface area contributed by atoms with E-state index in [9.17, 15) is 0 Å². The fourth-order valence-electron chi connectivity index (χ4n) is 8.62. The van der Waals surface area contributed by atoms with E-state index in [1.165, 1.54) is 62.1 Å². The molecule has 0 radical (unpaired) electrons. The van der Waals surface area contributed by atoms with Crippen molar-refractivity contribution in [2.24, 2.45) is 17.3 Å². The summed E-state index contributed by atoms with van der Waals surface area (Å²) < 4.78 is 7.35. The molecule has 1 heteroatoms. The Bertz CT molecular complexity index is 1140. The fraction of sp³-hybridized carbons (Fsp3) is 0.533. The van der Waals surface area contributed by atoms with E-state index < -0.39 is 0 Å². The molecular formula is C30H34O. The quantitative estimate of drug-likeness (QED) is 0.467. The number of hydrogen-bond acceptors (Lipinski definition) is 1. The summed E-state index contributed by atoms with van der Waals surface area (Å²) in [5.74, 6) is 2.07. The van der Waals surface area contributed by atoms with E-state index in [0.717, 1.165) is 5.92 Å². The molecule has 1 unspecified atom stereocenters. The number of rotatable bonds is 1. The largest absolute Gasteiger partial charge is 0.359 e. The highest BCUT2D eigenvalue weighted by Gasteiger charge is 2.66. The van der Waals surface area contributed by atoms with Gasteiger partial charge in [-0.1, -0.05) is 68.5 Å². The molecule has 2 heterocycles. The van der Waals surface area contributed by atoms with Gasteiger partial charge in [-0.3, -0.25) is 0 Å². The first-order chi connectivity index (χ1) is 15.0. The minimum absolute atomic E-state index is 0.0147. The number of benzene rings is 2. The first kappa shape index (κ1) is 18.7. The van der Waals surface area contributed by atoms with Gasteiger partial charge in [-0.05, 0) is 102 Å². The lowest BCUT2D eigenvalue weighted by atomic mass is 9.58. The number of fused-ring (bicyclic) bond motifs is 2. The van der Waals surface area contributed by atoms with Crippen molar-refractivity contribution in [2.45, 2.75) is 82.3 Å². The van der Waals surface area contributed by atoms with Gasteiger partial charge >= 0.3 is 0 Å². The minimum atomic E-state index is -0.0147. The van der Waals surface area contributed by atoms with E-state index in [1.54, 1.807) is 16.7 Å². The Labute approximate surface area is 186 Å². The van der Waals surface area contributed by atoms with Gasteiger partial charge in [-0.25, -0.2) is 0 Å². The zero-order chi connectivity index (χ0) is 20.8. The summed E-state index contributed by atoms with van der Waals surface area (Å²) in [5.41, 5.74) is 5.06. The first-order valence-electron chi connectivity index (χ1n) is 12.6. The Morgan fingerprint density at radius 3 is 2.74 bits per heavy atom. The number of hydrogen-bond donors (Lipinski definition) is 0. The van der Waals surface area contributed by atoms with Crippen molar-refractivity contribution in [3.05, 3.63) is 71.3 Å². The molecule has 5 aliphatic rings. The van der Waals surface area contributed by atoms with Crippen molar-refractivity contribution in [1.82, 2.24) is 0 Å². The van der Waals surface area contributed by atoms with Crippen molar-refractivity contribution >= 4 is 10.8 Å². The highest BCUT2D eigenvalue weighted by atomic mass is 16.5. The van der Waals surface area contributed by atoms with Crippen molar-refractivity contribution in [1.29, 1.82) is 0 Å². The lowest BCUT2D eigenvalue weighted by Crippen LogP contribution is -2.53. The average Bonchev–Trinajstić information content (AvgIpc) is 3.28. The fourth-order valence-corrected chi connectivity index (χ4v) is 8.62. The summed E-state index contributed by atoms with van der Waals surface area (Å²) in [7, 11) is 0. The van der Waals surface area contributed by atoms with Gasteiger partial charge in [0, 0.05) is 0 Å². The lowest BCUT2D eigenvalue weighted by molar-refractivity contribution is -0.138. The SMILES string of the molecule is C[C@@H]1CCC2=CC3=CC[C@]4(C)[C@@H](c5ccc6ccccc6c5)CC[C@H]4C34CC[C@]2(C1)O4. The standard InChI is InChI=1S/C30H34O/c1-20-7-10-24-18-25-13-14-28(2)26(23-9-8-21-5-3-4-6-22(21)17-23)11-12-27(28)30(25)16-15-29(24,19-20)31-30/h3-6,8-9,13,17-18,20,26-27H,7,10-12,14-16,19H2,1-2H3/t20-,26-,27-,28-,29-,30?/m1/s1. The third-order valence-electron chi connectivity index (χ3n) is 10.1. The van der Waals surface area contributed by atoms with Crippen LogP contribution < -0.4 is 0 Å². The maximum Gasteiger partial charge on any atom is 0.0974 e. The van der Waals surface area contributed by atoms with E-state index in [0.29, 0.717) is 17.3 Å². The Kier molecular flexibility index (Phi) is 3.70. The number of allylic oxidation sites excluding steroid dienone is 1. The minimum Gasteiger partial charge on any atom is -0.359 e. The van der Waals surface area contributed by atoms with Crippen LogP contribution in [0.15, 0.2) is 65.8 Å². The highest BCUT2D eigenvalue weighted by molar-refractivity contribution is 5.83. The first-order valence-corrected chi connectivity index (χ1v) is 12.6. The molecule has 1 saturated heterocycles. The Morgan fingerprint density at radius 1 is 0.968 bits per heavy atom. The monoisotopic (exact) mass is 410 g/mol. The summed E-state index contributed by atoms with van der Waals surface area (Å²) in [6.07, 6.45) is 15.3. The molecule has 0 aromatic heterocycles. The lowest BCUT2D eigenvalue weighted by Gasteiger charge is -2.54. The van der Waals surface area contributed by atoms with Crippen LogP contribution in [0.4, 0.5) is 0 Å². The zero-order valence-electron chi connectivity index (χ0n) is 19.0. The van der Waals surface area contributed by atoms with Gasteiger partial charge in [0.15, 0.2) is 0 Å². The molecule has 3 fully saturated rings. The summed E-state index contributed by atoms with van der Waals surface area (Å²) in [5, 5.41) is 2.74. The third-order valence-corrected chi connectivity index (χ3v) is 10.1. The molecule has 3 aliphatic carbocycles. The molecule has 2 saturated carbocycles. The van der Waals surface area contributed by atoms with Gasteiger partial charge in [0.2, 0.25) is 0 Å². The molecule has 0 N–H and O–H groups in total. The molecular weight excluding hydrogens is 376 g/mol. The second kappa shape index (κ2) is 6.13. The van der Waals surface area contributed by atoms with E-state index in [4.69, 9.17) is 4.74 Å². The van der Waals surface area contributed by atoms with E-state index in [1.807, 2.05) is 0 Å². The molecule has 2 aromatic rings. The van der Waals surface area contributed by atoms with Crippen molar-refractivity contribution in [3.8, 4) is 0 Å². The zero-order valence-corrected chi connectivity index (χ0v) is 19.0. The van der Waals surface area contributed by atoms with Crippen molar-refractivity contribution < 1.29 is 4.74 Å². The summed E-state index contributed by atoms with van der Waals surface area (Å²) in [4.78, 5) is 0. The highest BCUT2D eigenvalue weighted by Crippen LogP contribution is 2.69. The van der Waals surface area contributed by atoms with Crippen LogP contribution in [0.25, 0.3) is 10.8 Å². The van der Waals surface area contributed by atoms with Crippen LogP contribution in [0.1, 0.15) is 76.7 Å². The van der Waals surface area contributed by atoms with Crippen molar-refractivity contribution in [2.75, 3.05) is 0 Å². The van der Waals surface area contributed by atoms with Gasteiger partial charge in [0.25, 0.3) is 0 Å². The molecule has 2 aromatic carbocycles. The maximum atomic E-state index is 7.35. The smallest absolute Gasteiger partial charge is 0.0974 e. The normalized spacial score (nSPS) is 43.1. The maximum absolute atomic E-state index is 7.35. The second-order valence-corrected chi connectivity index (χ2v) is 11.7. The molecule has 160 valence electrons. The van der Waals surface area contributed by atoms with Crippen LogP contribution in [0.3, 0.4) is 0 Å². The van der Waals surface area contributed by atoms with Crippen LogP contribution in [0.5, 0.6) is 0 Å². The molecule has 2 spiro atoms. The predicted octanol–water partition coefficient (Wildman–Crippen LogP) is 7.72. The Hall–Kier alpha value is -1.86. The molecule has 2 bridgehead atoms. The molecule has 6 atom stereocenters. The third kappa shape index (κ3) is 2.37. The molecule has 2 aliphatic heterocycles. The Morgan fingerprint density at radius 2 is 1.84 bits per heavy atom. The van der Waals surface area contributed by atoms with Gasteiger partial charge in [0.05, 0.1) is 11.2 Å². The van der Waals surface area contributed by atoms with E-state index in [-0.39, 0.29) is 11.2 Å². The van der Waals surface area contributed by atoms with Crippen LogP contribution in [-0.4, -0.2) is 11.2 Å². The number of ether oxygens (including phenoxy) is 1. The predicted molar refractivity (Wildman–Crippen MR) is 127 cm³/mol. The van der Waals surface area contributed by atoms with Crippen LogP contribution >= 0.6 is 0 Å². The Balaban J connectivity index is 1.31. The molecule has 1 nitrogen and oxygen atoms in total. The summed E-state index contributed by atoms with van der Waals surface area (Å²) in [6, 6.07) is 16.0. The van der Waals surface area contributed by atoms with E-state index in [2.05, 4.69) is 68.5 Å². The van der Waals surface area contributed by atoms with Gasteiger partial charge in [-0.2, -0.15) is 0 Å². The van der Waals surface area contributed by atoms with Crippen LogP contribution in [0, 0.1) is 17.3 Å². The molecule has 0 amide bonds. The second-order valence-electron chi connectivity index (χ2n) is 11.7. The summed E-state index contributed by atoms with van der Waals surface area (Å²) >= 11 is 0. The van der Waals surface area contributed by atoms with E-state index >= 15 is 0 Å².